The normalized spacial score (nSPS) is 10.9. The van der Waals surface area contributed by atoms with Crippen molar-refractivity contribution in [3.8, 4) is 10.6 Å². The zero-order valence-corrected chi connectivity index (χ0v) is 15.2. The number of amides is 1. The fourth-order valence-electron chi connectivity index (χ4n) is 2.34. The minimum Gasteiger partial charge on any atom is -0.325 e. The predicted octanol–water partition coefficient (Wildman–Crippen LogP) is 5.85. The van der Waals surface area contributed by atoms with Crippen molar-refractivity contribution < 1.29 is 4.79 Å². The summed E-state index contributed by atoms with van der Waals surface area (Å²) in [6.07, 6.45) is 2.46. The summed E-state index contributed by atoms with van der Waals surface area (Å²) in [5.74, 6) is 0.0523. The van der Waals surface area contributed by atoms with Gasteiger partial charge in [-0.15, -0.1) is 11.3 Å². The Morgan fingerprint density at radius 1 is 1.26 bits per heavy atom. The van der Waals surface area contributed by atoms with Crippen LogP contribution < -0.4 is 5.32 Å². The van der Waals surface area contributed by atoms with Gasteiger partial charge in [-0.2, -0.15) is 0 Å². The second kappa shape index (κ2) is 7.23. The van der Waals surface area contributed by atoms with Crippen LogP contribution in [0.3, 0.4) is 0 Å². The zero-order valence-electron chi connectivity index (χ0n) is 12.8. The monoisotopic (exact) mass is 388 g/mol. The molecule has 0 aliphatic carbocycles. The lowest BCUT2D eigenvalue weighted by Gasteiger charge is -2.10. The number of thiazole rings is 1. The Labute approximate surface area is 147 Å². The summed E-state index contributed by atoms with van der Waals surface area (Å²) < 4.78 is 2.11. The average Bonchev–Trinajstić information content (AvgIpc) is 2.98. The Kier molecular flexibility index (Phi) is 5.08. The number of rotatable bonds is 5. The Hall–Kier alpha value is -1.72. The number of carbonyl (C=O) groups excluding carboxylic acids is 1. The molecule has 0 saturated heterocycles. The van der Waals surface area contributed by atoms with Gasteiger partial charge >= 0.3 is 0 Å². The lowest BCUT2D eigenvalue weighted by atomic mass is 10.1. The third-order valence-corrected chi connectivity index (χ3v) is 5.10. The van der Waals surface area contributed by atoms with E-state index in [2.05, 4.69) is 34.2 Å². The number of hydrogen-bond acceptors (Lipinski definition) is 3. The number of anilines is 1. The van der Waals surface area contributed by atoms with E-state index >= 15 is 0 Å². The van der Waals surface area contributed by atoms with Gasteiger partial charge in [0.1, 0.15) is 5.01 Å². The molecule has 0 spiro atoms. The molecule has 23 heavy (non-hydrogen) atoms. The number of para-hydroxylation sites is 1. The van der Waals surface area contributed by atoms with Gasteiger partial charge in [0.25, 0.3) is 0 Å². The number of hydrogen-bond donors (Lipinski definition) is 1. The van der Waals surface area contributed by atoms with Crippen LogP contribution in [0.25, 0.3) is 20.8 Å². The zero-order chi connectivity index (χ0) is 16.2. The molecular formula is C18H17BrN2OS. The molecule has 5 heteroatoms. The van der Waals surface area contributed by atoms with Crippen LogP contribution in [0.2, 0.25) is 0 Å². The molecule has 0 bridgehead atoms. The van der Waals surface area contributed by atoms with E-state index in [1.807, 2.05) is 36.4 Å². The number of nitrogens with zero attached hydrogens (tertiary/aromatic N) is 1. The third kappa shape index (κ3) is 3.79. The molecule has 1 aromatic heterocycles. The minimum atomic E-state index is 0.0523. The number of halogens is 1. The second-order valence-electron chi connectivity index (χ2n) is 5.33. The van der Waals surface area contributed by atoms with Gasteiger partial charge in [-0.3, -0.25) is 4.79 Å². The summed E-state index contributed by atoms with van der Waals surface area (Å²) in [5, 5.41) is 3.94. The molecule has 1 N–H and O–H groups in total. The van der Waals surface area contributed by atoms with Gasteiger partial charge in [-0.25, -0.2) is 4.98 Å². The molecule has 3 aromatic rings. The van der Waals surface area contributed by atoms with Gasteiger partial charge in [-0.1, -0.05) is 41.4 Å². The summed E-state index contributed by atoms with van der Waals surface area (Å²) in [7, 11) is 0. The highest BCUT2D eigenvalue weighted by Crippen LogP contribution is 2.36. The molecule has 0 saturated carbocycles. The molecule has 0 radical (unpaired) electrons. The van der Waals surface area contributed by atoms with Crippen LogP contribution in [0.1, 0.15) is 26.2 Å². The molecule has 1 heterocycles. The topological polar surface area (TPSA) is 42.0 Å². The molecule has 3 rings (SSSR count). The van der Waals surface area contributed by atoms with Crippen molar-refractivity contribution in [2.45, 2.75) is 26.2 Å². The number of unbranched alkanes of at least 4 members (excludes halogenated alkanes) is 1. The first-order chi connectivity index (χ1) is 11.2. The molecule has 0 fully saturated rings. The fraction of sp³-hybridized carbons (Fsp3) is 0.222. The number of aromatic nitrogens is 1. The average molecular weight is 389 g/mol. The quantitative estimate of drug-likeness (QED) is 0.594. The van der Waals surface area contributed by atoms with Crippen molar-refractivity contribution in [3.63, 3.8) is 0 Å². The largest absolute Gasteiger partial charge is 0.325 e. The van der Waals surface area contributed by atoms with E-state index in [9.17, 15) is 4.79 Å². The van der Waals surface area contributed by atoms with Crippen molar-refractivity contribution in [1.29, 1.82) is 0 Å². The van der Waals surface area contributed by atoms with E-state index in [1.165, 1.54) is 0 Å². The van der Waals surface area contributed by atoms with Crippen molar-refractivity contribution in [2.75, 3.05) is 5.32 Å². The van der Waals surface area contributed by atoms with Crippen LogP contribution in [-0.2, 0) is 4.79 Å². The lowest BCUT2D eigenvalue weighted by Crippen LogP contribution is -2.11. The number of fused-ring (bicyclic) bond motifs is 1. The molecule has 3 nitrogen and oxygen atoms in total. The Morgan fingerprint density at radius 3 is 2.87 bits per heavy atom. The van der Waals surface area contributed by atoms with E-state index in [-0.39, 0.29) is 5.91 Å². The van der Waals surface area contributed by atoms with Crippen LogP contribution in [-0.4, -0.2) is 10.9 Å². The highest BCUT2D eigenvalue weighted by atomic mass is 79.9. The summed E-state index contributed by atoms with van der Waals surface area (Å²) in [4.78, 5) is 16.8. The molecule has 118 valence electrons. The molecule has 2 aromatic carbocycles. The maximum Gasteiger partial charge on any atom is 0.224 e. The van der Waals surface area contributed by atoms with Gasteiger partial charge in [0, 0.05) is 16.5 Å². The van der Waals surface area contributed by atoms with Crippen molar-refractivity contribution in [2.24, 2.45) is 0 Å². The molecular weight excluding hydrogens is 372 g/mol. The van der Waals surface area contributed by atoms with Crippen molar-refractivity contribution >= 4 is 49.1 Å². The second-order valence-corrected chi connectivity index (χ2v) is 7.27. The first-order valence-corrected chi connectivity index (χ1v) is 9.23. The van der Waals surface area contributed by atoms with Crippen LogP contribution in [0.15, 0.2) is 46.9 Å². The summed E-state index contributed by atoms with van der Waals surface area (Å²) in [5.41, 5.74) is 2.74. The van der Waals surface area contributed by atoms with Crippen LogP contribution in [0.4, 0.5) is 5.69 Å². The summed E-state index contributed by atoms with van der Waals surface area (Å²) in [6, 6.07) is 13.9. The third-order valence-electron chi connectivity index (χ3n) is 3.54. The van der Waals surface area contributed by atoms with Gasteiger partial charge in [-0.05, 0) is 36.8 Å². The van der Waals surface area contributed by atoms with E-state index in [4.69, 9.17) is 4.98 Å². The van der Waals surface area contributed by atoms with E-state index < -0.39 is 0 Å². The molecule has 1 amide bonds. The van der Waals surface area contributed by atoms with E-state index in [1.54, 1.807) is 11.3 Å². The number of nitrogens with one attached hydrogen (secondary N) is 1. The molecule has 0 atom stereocenters. The first kappa shape index (κ1) is 16.1. The number of benzene rings is 2. The lowest BCUT2D eigenvalue weighted by molar-refractivity contribution is -0.116. The predicted molar refractivity (Wildman–Crippen MR) is 101 cm³/mol. The highest BCUT2D eigenvalue weighted by molar-refractivity contribution is 9.10. The molecule has 0 aliphatic rings. The van der Waals surface area contributed by atoms with Crippen molar-refractivity contribution in [1.82, 2.24) is 4.98 Å². The van der Waals surface area contributed by atoms with Gasteiger partial charge in [0.15, 0.2) is 0 Å². The highest BCUT2D eigenvalue weighted by Gasteiger charge is 2.13. The summed E-state index contributed by atoms with van der Waals surface area (Å²) >= 11 is 5.14. The maximum absolute atomic E-state index is 12.1. The SMILES string of the molecule is CCCCC(=O)Nc1ccc(Br)cc1-c1nc2ccccc2s1. The van der Waals surface area contributed by atoms with Gasteiger partial charge < -0.3 is 5.32 Å². The molecule has 0 unspecified atom stereocenters. The Balaban J connectivity index is 1.97. The first-order valence-electron chi connectivity index (χ1n) is 7.62. The van der Waals surface area contributed by atoms with Gasteiger partial charge in [0.2, 0.25) is 5.91 Å². The smallest absolute Gasteiger partial charge is 0.224 e. The van der Waals surface area contributed by atoms with E-state index in [0.29, 0.717) is 6.42 Å². The van der Waals surface area contributed by atoms with Crippen LogP contribution in [0.5, 0.6) is 0 Å². The standard InChI is InChI=1S/C18H17BrN2OS/c1-2-3-8-17(22)20-14-10-9-12(19)11-13(14)18-21-15-6-4-5-7-16(15)23-18/h4-7,9-11H,2-3,8H2,1H3,(H,20,22). The van der Waals surface area contributed by atoms with Crippen LogP contribution in [0, 0.1) is 0 Å². The maximum atomic E-state index is 12.1. The van der Waals surface area contributed by atoms with Crippen LogP contribution >= 0.6 is 27.3 Å². The molecule has 0 aliphatic heterocycles. The number of carbonyl (C=O) groups is 1. The summed E-state index contributed by atoms with van der Waals surface area (Å²) in [6.45, 7) is 2.08. The van der Waals surface area contributed by atoms with Gasteiger partial charge in [0.05, 0.1) is 15.9 Å². The van der Waals surface area contributed by atoms with Crippen molar-refractivity contribution in [3.05, 3.63) is 46.9 Å². The fourth-order valence-corrected chi connectivity index (χ4v) is 3.70. The Morgan fingerprint density at radius 2 is 2.09 bits per heavy atom. The van der Waals surface area contributed by atoms with E-state index in [0.717, 1.165) is 43.8 Å². The Bertz CT molecular complexity index is 811. The minimum absolute atomic E-state index is 0.0523.